The lowest BCUT2D eigenvalue weighted by Gasteiger charge is -2.21. The molecule has 3 heterocycles. The summed E-state index contributed by atoms with van der Waals surface area (Å²) < 4.78 is 3.64. The van der Waals surface area contributed by atoms with Crippen LogP contribution >= 0.6 is 0 Å². The minimum atomic E-state index is -0.101. The van der Waals surface area contributed by atoms with Crippen molar-refractivity contribution in [3.8, 4) is 16.8 Å². The van der Waals surface area contributed by atoms with Gasteiger partial charge in [0.1, 0.15) is 0 Å². The highest BCUT2D eigenvalue weighted by atomic mass is 16.1. The molecule has 0 radical (unpaired) electrons. The molecular weight excluding hydrogens is 436 g/mol. The number of nitrogen functional groups attached to an aromatic ring is 1. The number of anilines is 1. The van der Waals surface area contributed by atoms with Gasteiger partial charge >= 0.3 is 0 Å². The number of nitrogens with one attached hydrogen (secondary N) is 1. The van der Waals surface area contributed by atoms with E-state index >= 15 is 0 Å². The summed E-state index contributed by atoms with van der Waals surface area (Å²) >= 11 is 0. The molecule has 0 spiro atoms. The fourth-order valence-corrected chi connectivity index (χ4v) is 4.62. The zero-order chi connectivity index (χ0) is 24.5. The first-order valence-corrected chi connectivity index (χ1v) is 11.4. The third-order valence-corrected chi connectivity index (χ3v) is 6.30. The third kappa shape index (κ3) is 3.96. The Morgan fingerprint density at radius 3 is 2.69 bits per heavy atom. The molecule has 0 fully saturated rings. The van der Waals surface area contributed by atoms with Crippen LogP contribution in [0.1, 0.15) is 24.2 Å². The lowest BCUT2D eigenvalue weighted by Crippen LogP contribution is -2.27. The maximum Gasteiger partial charge on any atom is 0.263 e. The molecule has 3 N–H and O–H groups in total. The van der Waals surface area contributed by atoms with Gasteiger partial charge in [-0.3, -0.25) is 14.3 Å². The van der Waals surface area contributed by atoms with Crippen molar-refractivity contribution in [1.29, 1.82) is 0 Å². The predicted octanol–water partition coefficient (Wildman–Crippen LogP) is 4.68. The van der Waals surface area contributed by atoms with Gasteiger partial charge in [-0.1, -0.05) is 43.3 Å². The van der Waals surface area contributed by atoms with E-state index in [1.165, 1.54) is 0 Å². The number of aryl methyl sites for hydroxylation is 1. The van der Waals surface area contributed by atoms with Gasteiger partial charge in [0.2, 0.25) is 11.9 Å². The third-order valence-electron chi connectivity index (χ3n) is 6.30. The molecule has 0 saturated carbocycles. The zero-order valence-corrected chi connectivity index (χ0v) is 19.6. The largest absolute Gasteiger partial charge is 0.407 e. The van der Waals surface area contributed by atoms with Gasteiger partial charge in [0.15, 0.2) is 7.05 Å². The molecule has 5 rings (SSSR count). The van der Waals surface area contributed by atoms with Gasteiger partial charge in [0.05, 0.1) is 23.7 Å². The molecule has 0 aliphatic heterocycles. The van der Waals surface area contributed by atoms with Crippen molar-refractivity contribution in [1.82, 2.24) is 14.6 Å². The number of aromatic nitrogens is 4. The number of nitrogens with zero attached hydrogens (tertiary/aromatic N) is 4. The molecule has 7 heteroatoms. The highest BCUT2D eigenvalue weighted by molar-refractivity contribution is 5.96. The van der Waals surface area contributed by atoms with E-state index in [9.17, 15) is 4.79 Å². The molecular formula is C28H25N6O+. The Morgan fingerprint density at radius 2 is 1.97 bits per heavy atom. The van der Waals surface area contributed by atoms with Crippen molar-refractivity contribution in [2.24, 2.45) is 7.05 Å². The highest BCUT2D eigenvalue weighted by Crippen LogP contribution is 2.32. The van der Waals surface area contributed by atoms with E-state index in [0.29, 0.717) is 28.9 Å². The standard InChI is InChI=1S/C28H24N6O/c1-18(14-24-27(30-2)23(29)12-13-31-24)25-15-19-8-7-11-22(20-16-32-33(3)17-20)26(19)28(35)34(25)21-9-5-4-6-10-21/h4-13,15-18H,14H2,1,3H3,(H2,29,31)/p+1/t18-/m1/s1. The van der Waals surface area contributed by atoms with Gasteiger partial charge in [0.25, 0.3) is 5.56 Å². The van der Waals surface area contributed by atoms with Crippen molar-refractivity contribution in [2.75, 3.05) is 5.73 Å². The first-order chi connectivity index (χ1) is 17.0. The van der Waals surface area contributed by atoms with Crippen LogP contribution in [0.2, 0.25) is 0 Å². The molecule has 7 nitrogen and oxygen atoms in total. The number of rotatable bonds is 5. The van der Waals surface area contributed by atoms with Gasteiger partial charge < -0.3 is 5.73 Å². The van der Waals surface area contributed by atoms with Gasteiger partial charge in [-0.05, 0) is 36.1 Å². The van der Waals surface area contributed by atoms with E-state index < -0.39 is 0 Å². The van der Waals surface area contributed by atoms with Crippen LogP contribution in [-0.4, -0.2) is 14.6 Å². The highest BCUT2D eigenvalue weighted by Gasteiger charge is 2.21. The smallest absolute Gasteiger partial charge is 0.263 e. The van der Waals surface area contributed by atoms with Gasteiger partial charge in [-0.25, -0.2) is 4.85 Å². The lowest BCUT2D eigenvalue weighted by atomic mass is 9.95. The van der Waals surface area contributed by atoms with Crippen molar-refractivity contribution in [3.05, 3.63) is 112 Å². The van der Waals surface area contributed by atoms with E-state index in [1.807, 2.05) is 72.7 Å². The average Bonchev–Trinajstić information content (AvgIpc) is 3.30. The molecule has 1 atom stereocenters. The van der Waals surface area contributed by atoms with Gasteiger partial charge in [-0.2, -0.15) is 5.10 Å². The molecule has 0 unspecified atom stereocenters. The van der Waals surface area contributed by atoms with E-state index in [4.69, 9.17) is 12.3 Å². The fourth-order valence-electron chi connectivity index (χ4n) is 4.62. The minimum Gasteiger partial charge on any atom is -0.407 e. The molecule has 0 aliphatic rings. The van der Waals surface area contributed by atoms with Crippen molar-refractivity contribution in [2.45, 2.75) is 19.3 Å². The molecule has 5 aromatic rings. The normalized spacial score (nSPS) is 11.9. The average molecular weight is 462 g/mol. The summed E-state index contributed by atoms with van der Waals surface area (Å²) in [6, 6.07) is 19.3. The number of pyridine rings is 2. The van der Waals surface area contributed by atoms with E-state index in [1.54, 1.807) is 16.8 Å². The summed E-state index contributed by atoms with van der Waals surface area (Å²) in [6.07, 6.45) is 5.97. The number of H-pyrrole nitrogens is 1. The van der Waals surface area contributed by atoms with Crippen molar-refractivity contribution in [3.63, 3.8) is 0 Å². The molecule has 0 saturated heterocycles. The number of nitrogens with two attached hydrogens (primary N) is 1. The van der Waals surface area contributed by atoms with Crippen LogP contribution in [0.5, 0.6) is 0 Å². The second-order valence-corrected chi connectivity index (χ2v) is 8.70. The van der Waals surface area contributed by atoms with Crippen LogP contribution in [-0.2, 0) is 13.5 Å². The molecule has 2 aromatic carbocycles. The summed E-state index contributed by atoms with van der Waals surface area (Å²) in [5.74, 6) is -0.101. The Morgan fingerprint density at radius 1 is 1.17 bits per heavy atom. The molecule has 0 amide bonds. The number of para-hydroxylation sites is 1. The summed E-state index contributed by atoms with van der Waals surface area (Å²) in [5, 5.41) is 4.67. The summed E-state index contributed by atoms with van der Waals surface area (Å²) in [6.45, 7) is 9.60. The molecule has 172 valence electrons. The lowest BCUT2D eigenvalue weighted by molar-refractivity contribution is -0.726. The quantitative estimate of drug-likeness (QED) is 0.294. The van der Waals surface area contributed by atoms with Crippen LogP contribution in [0.25, 0.3) is 32.4 Å². The number of benzene rings is 2. The Bertz CT molecular complexity index is 1640. The van der Waals surface area contributed by atoms with Crippen LogP contribution in [0, 0.1) is 6.57 Å². The SMILES string of the molecule is [C-]#[N+]c1c(N)ccnc1C[C@@H](C)c1cc2cccc(-c3c[nH][n+](C)c3)c2c(=O)n1-c1ccccc1. The Kier molecular flexibility index (Phi) is 5.63. The molecule has 35 heavy (non-hydrogen) atoms. The summed E-state index contributed by atoms with van der Waals surface area (Å²) in [5.41, 5.74) is 10.8. The first-order valence-electron chi connectivity index (χ1n) is 11.4. The monoisotopic (exact) mass is 461 g/mol. The minimum absolute atomic E-state index is 0.0825. The first kappa shape index (κ1) is 22.1. The summed E-state index contributed by atoms with van der Waals surface area (Å²) in [7, 11) is 1.92. The fraction of sp³-hybridized carbons (Fsp3) is 0.143. The van der Waals surface area contributed by atoms with Crippen LogP contribution in [0.15, 0.2) is 84.0 Å². The van der Waals surface area contributed by atoms with Crippen molar-refractivity contribution >= 4 is 22.1 Å². The maximum absolute atomic E-state index is 14.1. The number of fused-ring (bicyclic) bond motifs is 1. The van der Waals surface area contributed by atoms with Gasteiger partial charge in [-0.15, -0.1) is 4.68 Å². The molecule has 3 aromatic heterocycles. The Balaban J connectivity index is 1.75. The van der Waals surface area contributed by atoms with E-state index in [2.05, 4.69) is 27.9 Å². The van der Waals surface area contributed by atoms with Crippen LogP contribution in [0.3, 0.4) is 0 Å². The molecule has 0 aliphatic carbocycles. The second kappa shape index (κ2) is 8.92. The topological polar surface area (TPSA) is 84.9 Å². The van der Waals surface area contributed by atoms with Crippen LogP contribution < -0.4 is 16.0 Å². The van der Waals surface area contributed by atoms with E-state index in [-0.39, 0.29) is 11.5 Å². The Labute approximate surface area is 202 Å². The summed E-state index contributed by atoms with van der Waals surface area (Å²) in [4.78, 5) is 22.2. The maximum atomic E-state index is 14.1. The number of aromatic amines is 1. The van der Waals surface area contributed by atoms with Gasteiger partial charge in [0, 0.05) is 40.4 Å². The zero-order valence-electron chi connectivity index (χ0n) is 19.6. The van der Waals surface area contributed by atoms with Crippen molar-refractivity contribution < 1.29 is 4.68 Å². The number of hydrogen-bond acceptors (Lipinski definition) is 3. The predicted molar refractivity (Wildman–Crippen MR) is 138 cm³/mol. The van der Waals surface area contributed by atoms with Crippen LogP contribution in [0.4, 0.5) is 11.4 Å². The number of hydrogen-bond donors (Lipinski definition) is 2. The van der Waals surface area contributed by atoms with E-state index in [0.717, 1.165) is 27.9 Å². The molecule has 0 bridgehead atoms. The second-order valence-electron chi connectivity index (χ2n) is 8.70. The Hall–Kier alpha value is -4.70.